The second kappa shape index (κ2) is 7.85. The van der Waals surface area contributed by atoms with Crippen LogP contribution in [0.25, 0.3) is 0 Å². The molecule has 0 aliphatic heterocycles. The van der Waals surface area contributed by atoms with E-state index in [0.717, 1.165) is 49.3 Å². The lowest BCUT2D eigenvalue weighted by Gasteiger charge is -2.18. The van der Waals surface area contributed by atoms with E-state index in [4.69, 9.17) is 4.52 Å². The molecule has 0 atom stereocenters. The summed E-state index contributed by atoms with van der Waals surface area (Å²) in [5.41, 5.74) is 2.82. The second-order valence-electron chi connectivity index (χ2n) is 6.65. The van der Waals surface area contributed by atoms with Gasteiger partial charge in [-0.05, 0) is 43.4 Å². The smallest absolute Gasteiger partial charge is 0.191 e. The Labute approximate surface area is 156 Å². The summed E-state index contributed by atoms with van der Waals surface area (Å²) in [6.07, 6.45) is 7.39. The van der Waals surface area contributed by atoms with Crippen LogP contribution in [0.3, 0.4) is 0 Å². The highest BCUT2D eigenvalue weighted by atomic mass is 127. The van der Waals surface area contributed by atoms with Crippen LogP contribution in [0, 0.1) is 11.3 Å². The van der Waals surface area contributed by atoms with Crippen molar-refractivity contribution in [2.45, 2.75) is 58.9 Å². The summed E-state index contributed by atoms with van der Waals surface area (Å²) in [6.45, 7) is 6.00. The Kier molecular flexibility index (Phi) is 6.33. The Morgan fingerprint density at radius 3 is 2.52 bits per heavy atom. The van der Waals surface area contributed by atoms with Gasteiger partial charge in [-0.3, -0.25) is 4.99 Å². The van der Waals surface area contributed by atoms with Gasteiger partial charge in [-0.15, -0.1) is 24.0 Å². The standard InChI is InChI=1S/C17H28N4O.HI/c1-4-14-13(15(5-2)22-21-14)10-19-16(18-3)20-11-17(8-9-17)12-6-7-12;/h12H,4-11H2,1-3H3,(H2,18,19,20);1H. The lowest BCUT2D eigenvalue weighted by atomic mass is 10.0. The molecule has 23 heavy (non-hydrogen) atoms. The van der Waals surface area contributed by atoms with E-state index in [1.165, 1.54) is 31.2 Å². The zero-order chi connectivity index (χ0) is 15.6. The lowest BCUT2D eigenvalue weighted by molar-refractivity contribution is 0.380. The minimum absolute atomic E-state index is 0. The maximum absolute atomic E-state index is 5.42. The molecule has 1 aromatic heterocycles. The molecule has 2 aliphatic rings. The molecule has 0 saturated heterocycles. The molecular weight excluding hydrogens is 403 g/mol. The first-order chi connectivity index (χ1) is 10.7. The van der Waals surface area contributed by atoms with Crippen molar-refractivity contribution in [3.8, 4) is 0 Å². The van der Waals surface area contributed by atoms with E-state index in [2.05, 4.69) is 34.6 Å². The van der Waals surface area contributed by atoms with E-state index in [9.17, 15) is 0 Å². The Bertz CT molecular complexity index is 525. The molecular formula is C17H29IN4O. The molecule has 2 saturated carbocycles. The molecule has 6 heteroatoms. The van der Waals surface area contributed by atoms with Gasteiger partial charge < -0.3 is 15.2 Å². The third kappa shape index (κ3) is 4.19. The molecule has 0 radical (unpaired) electrons. The van der Waals surface area contributed by atoms with E-state index >= 15 is 0 Å². The van der Waals surface area contributed by atoms with Gasteiger partial charge in [0.15, 0.2) is 5.96 Å². The van der Waals surface area contributed by atoms with Crippen molar-refractivity contribution in [3.63, 3.8) is 0 Å². The number of nitrogens with zero attached hydrogens (tertiary/aromatic N) is 2. The van der Waals surface area contributed by atoms with Gasteiger partial charge in [0.05, 0.1) is 5.69 Å². The third-order valence-corrected chi connectivity index (χ3v) is 5.21. The monoisotopic (exact) mass is 432 g/mol. The van der Waals surface area contributed by atoms with Crippen molar-refractivity contribution in [1.82, 2.24) is 15.8 Å². The van der Waals surface area contributed by atoms with Gasteiger partial charge >= 0.3 is 0 Å². The molecule has 1 heterocycles. The maximum atomic E-state index is 5.42. The molecule has 2 fully saturated rings. The molecule has 0 spiro atoms. The topological polar surface area (TPSA) is 62.5 Å². The summed E-state index contributed by atoms with van der Waals surface area (Å²) >= 11 is 0. The van der Waals surface area contributed by atoms with Crippen molar-refractivity contribution in [1.29, 1.82) is 0 Å². The number of halogens is 1. The number of aryl methyl sites for hydroxylation is 2. The van der Waals surface area contributed by atoms with Gasteiger partial charge in [0.1, 0.15) is 5.76 Å². The highest BCUT2D eigenvalue weighted by Gasteiger charge is 2.53. The molecule has 0 aromatic carbocycles. The van der Waals surface area contributed by atoms with E-state index in [1.807, 2.05) is 7.05 Å². The van der Waals surface area contributed by atoms with Crippen molar-refractivity contribution in [2.24, 2.45) is 16.3 Å². The Hall–Kier alpha value is -0.790. The fraction of sp³-hybridized carbons (Fsp3) is 0.765. The molecule has 0 bridgehead atoms. The number of aliphatic imine (C=N–C) groups is 1. The number of aromatic nitrogens is 1. The van der Waals surface area contributed by atoms with Crippen LogP contribution in [0.4, 0.5) is 0 Å². The van der Waals surface area contributed by atoms with E-state index in [-0.39, 0.29) is 24.0 Å². The minimum Gasteiger partial charge on any atom is -0.361 e. The fourth-order valence-corrected chi connectivity index (χ4v) is 3.38. The van der Waals surface area contributed by atoms with Crippen LogP contribution < -0.4 is 10.6 Å². The van der Waals surface area contributed by atoms with Crippen LogP contribution in [0.1, 0.15) is 56.5 Å². The highest BCUT2D eigenvalue weighted by Crippen LogP contribution is 2.60. The van der Waals surface area contributed by atoms with Gasteiger partial charge in [0.25, 0.3) is 0 Å². The van der Waals surface area contributed by atoms with Crippen LogP contribution in [0.5, 0.6) is 0 Å². The maximum Gasteiger partial charge on any atom is 0.191 e. The molecule has 2 N–H and O–H groups in total. The zero-order valence-corrected chi connectivity index (χ0v) is 16.8. The largest absolute Gasteiger partial charge is 0.361 e. The van der Waals surface area contributed by atoms with Gasteiger partial charge in [0.2, 0.25) is 0 Å². The van der Waals surface area contributed by atoms with Gasteiger partial charge in [-0.25, -0.2) is 0 Å². The van der Waals surface area contributed by atoms with Crippen molar-refractivity contribution in [2.75, 3.05) is 13.6 Å². The summed E-state index contributed by atoms with van der Waals surface area (Å²) in [5.74, 6) is 2.84. The summed E-state index contributed by atoms with van der Waals surface area (Å²) < 4.78 is 5.42. The number of hydrogen-bond acceptors (Lipinski definition) is 3. The number of rotatable bonds is 7. The molecule has 2 aliphatic carbocycles. The first-order valence-electron chi connectivity index (χ1n) is 8.63. The second-order valence-corrected chi connectivity index (χ2v) is 6.65. The normalized spacial score (nSPS) is 19.2. The molecule has 5 nitrogen and oxygen atoms in total. The van der Waals surface area contributed by atoms with Gasteiger partial charge in [0, 0.05) is 32.1 Å². The van der Waals surface area contributed by atoms with Crippen molar-refractivity contribution < 1.29 is 4.52 Å². The molecule has 0 unspecified atom stereocenters. The van der Waals surface area contributed by atoms with Crippen LogP contribution in [-0.2, 0) is 19.4 Å². The summed E-state index contributed by atoms with van der Waals surface area (Å²) in [4.78, 5) is 4.35. The highest BCUT2D eigenvalue weighted by molar-refractivity contribution is 14.0. The molecule has 3 rings (SSSR count). The Balaban J connectivity index is 0.00000192. The lowest BCUT2D eigenvalue weighted by Crippen LogP contribution is -2.40. The van der Waals surface area contributed by atoms with E-state index < -0.39 is 0 Å². The van der Waals surface area contributed by atoms with Crippen molar-refractivity contribution in [3.05, 3.63) is 17.0 Å². The Morgan fingerprint density at radius 1 is 1.26 bits per heavy atom. The average Bonchev–Trinajstić information content (AvgIpc) is 3.44. The number of guanidine groups is 1. The fourth-order valence-electron chi connectivity index (χ4n) is 3.38. The predicted octanol–water partition coefficient (Wildman–Crippen LogP) is 3.27. The predicted molar refractivity (Wildman–Crippen MR) is 103 cm³/mol. The first-order valence-corrected chi connectivity index (χ1v) is 8.63. The van der Waals surface area contributed by atoms with Crippen LogP contribution in [-0.4, -0.2) is 24.7 Å². The summed E-state index contributed by atoms with van der Waals surface area (Å²) in [5, 5.41) is 11.1. The van der Waals surface area contributed by atoms with Gasteiger partial charge in [-0.1, -0.05) is 19.0 Å². The zero-order valence-electron chi connectivity index (χ0n) is 14.4. The average molecular weight is 432 g/mol. The minimum atomic E-state index is 0. The van der Waals surface area contributed by atoms with Crippen LogP contribution in [0.15, 0.2) is 9.52 Å². The first kappa shape index (κ1) is 18.5. The van der Waals surface area contributed by atoms with Crippen LogP contribution in [0.2, 0.25) is 0 Å². The van der Waals surface area contributed by atoms with E-state index in [1.54, 1.807) is 0 Å². The Morgan fingerprint density at radius 2 is 2.00 bits per heavy atom. The summed E-state index contributed by atoms with van der Waals surface area (Å²) in [7, 11) is 1.83. The van der Waals surface area contributed by atoms with E-state index in [0.29, 0.717) is 5.41 Å². The third-order valence-electron chi connectivity index (χ3n) is 5.21. The number of nitrogens with one attached hydrogen (secondary N) is 2. The molecule has 130 valence electrons. The van der Waals surface area contributed by atoms with Crippen molar-refractivity contribution >= 4 is 29.9 Å². The summed E-state index contributed by atoms with van der Waals surface area (Å²) in [6, 6.07) is 0. The number of hydrogen-bond donors (Lipinski definition) is 2. The molecule has 0 amide bonds. The quantitative estimate of drug-likeness (QED) is 0.395. The molecule has 1 aromatic rings. The van der Waals surface area contributed by atoms with Crippen LogP contribution >= 0.6 is 24.0 Å². The van der Waals surface area contributed by atoms with Gasteiger partial charge in [-0.2, -0.15) is 0 Å². The SMILES string of the molecule is CCc1noc(CC)c1CNC(=NC)NCC1(C2CC2)CC1.I.